The first-order valence-corrected chi connectivity index (χ1v) is 13.2. The number of hydrazone groups is 1. The van der Waals surface area contributed by atoms with Crippen molar-refractivity contribution in [2.45, 2.75) is 52.9 Å². The second kappa shape index (κ2) is 9.89. The van der Waals surface area contributed by atoms with E-state index in [0.29, 0.717) is 10.2 Å². The topological polar surface area (TPSA) is 94.1 Å². The molecule has 36 heavy (non-hydrogen) atoms. The predicted molar refractivity (Wildman–Crippen MR) is 145 cm³/mol. The molecule has 2 aromatic rings. The lowest BCUT2D eigenvalue weighted by molar-refractivity contribution is -0.130. The number of amidine groups is 2. The number of piperidine rings is 1. The van der Waals surface area contributed by atoms with Gasteiger partial charge in [-0.1, -0.05) is 25.1 Å². The highest BCUT2D eigenvalue weighted by Crippen LogP contribution is 2.31. The lowest BCUT2D eigenvalue weighted by Gasteiger charge is -2.26. The van der Waals surface area contributed by atoms with Crippen molar-refractivity contribution in [2.75, 3.05) is 13.1 Å². The highest BCUT2D eigenvalue weighted by Gasteiger charge is 2.36. The zero-order valence-corrected chi connectivity index (χ0v) is 21.7. The summed E-state index contributed by atoms with van der Waals surface area (Å²) in [5.74, 6) is -0.442. The number of nitrogens with one attached hydrogen (secondary N) is 1. The summed E-state index contributed by atoms with van der Waals surface area (Å²) in [5.41, 5.74) is 5.45. The lowest BCUT2D eigenvalue weighted by atomic mass is 10.1. The molecule has 4 heterocycles. The Kier molecular flexibility index (Phi) is 6.66. The number of fused-ring (bicyclic) bond motifs is 1. The van der Waals surface area contributed by atoms with Crippen LogP contribution < -0.4 is 0 Å². The average molecular weight is 503 g/mol. The molecule has 1 N–H and O–H groups in total. The fourth-order valence-electron chi connectivity index (χ4n) is 4.98. The van der Waals surface area contributed by atoms with E-state index in [9.17, 15) is 9.59 Å². The van der Waals surface area contributed by atoms with Crippen molar-refractivity contribution in [2.24, 2.45) is 10.1 Å². The molecule has 0 radical (unpaired) electrons. The highest BCUT2D eigenvalue weighted by atomic mass is 32.2. The molecule has 1 aromatic carbocycles. The monoisotopic (exact) mass is 502 g/mol. The number of amides is 2. The molecule has 8 nitrogen and oxygen atoms in total. The fourth-order valence-corrected chi connectivity index (χ4v) is 5.85. The second-order valence-electron chi connectivity index (χ2n) is 9.28. The van der Waals surface area contributed by atoms with Gasteiger partial charge >= 0.3 is 0 Å². The molecule has 2 amide bonds. The molecule has 0 bridgehead atoms. The molecule has 1 aromatic heterocycles. The number of nitrogens with zero attached hydrogens (tertiary/aromatic N) is 5. The minimum Gasteiger partial charge on any atom is -0.342 e. The summed E-state index contributed by atoms with van der Waals surface area (Å²) < 4.78 is 2.19. The van der Waals surface area contributed by atoms with Crippen molar-refractivity contribution in [3.63, 3.8) is 0 Å². The molecule has 9 heteroatoms. The molecule has 0 aliphatic carbocycles. The Bertz CT molecular complexity index is 1350. The third-order valence-electron chi connectivity index (χ3n) is 6.89. The smallest absolute Gasteiger partial charge is 0.283 e. The van der Waals surface area contributed by atoms with Crippen LogP contribution in [0.15, 0.2) is 46.0 Å². The molecule has 1 saturated heterocycles. The summed E-state index contributed by atoms with van der Waals surface area (Å²) >= 11 is 1.20. The lowest BCUT2D eigenvalue weighted by Crippen LogP contribution is -2.36. The van der Waals surface area contributed by atoms with Crippen LogP contribution in [0.5, 0.6) is 0 Å². The van der Waals surface area contributed by atoms with Crippen LogP contribution in [0.4, 0.5) is 0 Å². The number of aryl methyl sites for hydroxylation is 2. The predicted octanol–water partition coefficient (Wildman–Crippen LogP) is 4.68. The maximum atomic E-state index is 12.9. The van der Waals surface area contributed by atoms with Crippen molar-refractivity contribution in [3.05, 3.63) is 58.4 Å². The number of thioether (sulfide) groups is 1. The van der Waals surface area contributed by atoms with Crippen LogP contribution in [-0.2, 0) is 16.0 Å². The molecule has 5 rings (SSSR count). The summed E-state index contributed by atoms with van der Waals surface area (Å²) in [6.45, 7) is 7.76. The van der Waals surface area contributed by atoms with E-state index in [1.165, 1.54) is 22.3 Å². The van der Waals surface area contributed by atoms with E-state index in [2.05, 4.69) is 33.7 Å². The second-order valence-corrected chi connectivity index (χ2v) is 10.3. The summed E-state index contributed by atoms with van der Waals surface area (Å²) in [6.07, 6.45) is 6.03. The minimum atomic E-state index is -0.462. The van der Waals surface area contributed by atoms with E-state index in [1.54, 1.807) is 6.08 Å². The van der Waals surface area contributed by atoms with Crippen molar-refractivity contribution in [1.82, 2.24) is 14.5 Å². The minimum absolute atomic E-state index is 0.0170. The summed E-state index contributed by atoms with van der Waals surface area (Å²) in [6, 6.07) is 10.3. The molecule has 3 aliphatic rings. The van der Waals surface area contributed by atoms with Gasteiger partial charge in [-0.25, -0.2) is 0 Å². The Morgan fingerprint density at radius 1 is 1.17 bits per heavy atom. The van der Waals surface area contributed by atoms with E-state index in [0.717, 1.165) is 61.4 Å². The first-order chi connectivity index (χ1) is 17.4. The number of aliphatic imine (C=N–C) groups is 1. The van der Waals surface area contributed by atoms with Crippen LogP contribution in [0.25, 0.3) is 11.8 Å². The van der Waals surface area contributed by atoms with Gasteiger partial charge in [0, 0.05) is 30.2 Å². The quantitative estimate of drug-likeness (QED) is 0.601. The van der Waals surface area contributed by atoms with Gasteiger partial charge in [0.25, 0.3) is 5.91 Å². The van der Waals surface area contributed by atoms with Crippen molar-refractivity contribution in [3.8, 4) is 5.69 Å². The van der Waals surface area contributed by atoms with Gasteiger partial charge in [0.15, 0.2) is 5.84 Å². The Morgan fingerprint density at radius 2 is 1.92 bits per heavy atom. The van der Waals surface area contributed by atoms with Crippen LogP contribution in [0, 0.1) is 19.3 Å². The molecular weight excluding hydrogens is 472 g/mol. The van der Waals surface area contributed by atoms with Crippen LogP contribution >= 0.6 is 11.8 Å². The van der Waals surface area contributed by atoms with Crippen molar-refractivity contribution >= 4 is 45.7 Å². The standard InChI is InChI=1S/C27H30N6O2S/c1-4-19-10-6-7-11-22(19)32-17(2)14-20(18(32)3)15-21-25(28)33-27(29-26(21)35)36-23(30-33)16-24(34)31-12-8-5-9-13-31/h6-7,10-11,14-15,28H,4-5,8-9,12-13,16H2,1-3H3/b21-15-,28-25?. The van der Waals surface area contributed by atoms with Gasteiger partial charge in [-0.2, -0.15) is 15.1 Å². The third kappa shape index (κ3) is 4.43. The maximum Gasteiger partial charge on any atom is 0.283 e. The first-order valence-electron chi connectivity index (χ1n) is 12.4. The third-order valence-corrected chi connectivity index (χ3v) is 7.80. The van der Waals surface area contributed by atoms with Crippen molar-refractivity contribution in [1.29, 1.82) is 5.41 Å². The maximum absolute atomic E-state index is 12.9. The zero-order chi connectivity index (χ0) is 25.4. The first kappa shape index (κ1) is 24.2. The molecule has 0 unspecified atom stereocenters. The molecule has 3 aliphatic heterocycles. The summed E-state index contributed by atoms with van der Waals surface area (Å²) in [7, 11) is 0. The molecule has 1 fully saturated rings. The average Bonchev–Trinajstić information content (AvgIpc) is 3.41. The summed E-state index contributed by atoms with van der Waals surface area (Å²) in [5, 5.41) is 15.5. The molecule has 0 saturated carbocycles. The largest absolute Gasteiger partial charge is 0.342 e. The van der Waals surface area contributed by atoms with Gasteiger partial charge in [-0.05, 0) is 80.6 Å². The summed E-state index contributed by atoms with van der Waals surface area (Å²) in [4.78, 5) is 31.7. The van der Waals surface area contributed by atoms with Crippen LogP contribution in [0.3, 0.4) is 0 Å². The van der Waals surface area contributed by atoms with Crippen molar-refractivity contribution < 1.29 is 9.59 Å². The number of benzene rings is 1. The van der Waals surface area contributed by atoms with Crippen LogP contribution in [0.1, 0.15) is 55.1 Å². The van der Waals surface area contributed by atoms with Gasteiger partial charge < -0.3 is 9.47 Å². The molecule has 186 valence electrons. The number of carbonyl (C=O) groups is 2. The Hall–Kier alpha value is -3.46. The molecular formula is C27H30N6O2S. The van der Waals surface area contributed by atoms with Gasteiger partial charge in [-0.15, -0.1) is 0 Å². The number of para-hydroxylation sites is 1. The Labute approximate surface area is 215 Å². The number of likely N-dealkylation sites (tertiary alicyclic amines) is 1. The van der Waals surface area contributed by atoms with Crippen LogP contribution in [-0.4, -0.2) is 55.4 Å². The Balaban J connectivity index is 1.41. The molecule has 0 atom stereocenters. The van der Waals surface area contributed by atoms with E-state index >= 15 is 0 Å². The number of hydrogen-bond acceptors (Lipinski definition) is 5. The van der Waals surface area contributed by atoms with Gasteiger partial charge in [0.2, 0.25) is 11.1 Å². The normalized spacial score (nSPS) is 19.0. The SMILES string of the molecule is CCc1ccccc1-n1c(C)cc(/C=C2/C(=N)N3N=C(CC(=O)N4CCCCC4)SC3=NC2=O)c1C. The van der Waals surface area contributed by atoms with Gasteiger partial charge in [-0.3, -0.25) is 15.0 Å². The number of hydrogen-bond donors (Lipinski definition) is 1. The zero-order valence-electron chi connectivity index (χ0n) is 20.9. The van der Waals surface area contributed by atoms with E-state index in [4.69, 9.17) is 5.41 Å². The van der Waals surface area contributed by atoms with E-state index in [-0.39, 0.29) is 23.7 Å². The van der Waals surface area contributed by atoms with E-state index in [1.807, 2.05) is 36.9 Å². The highest BCUT2D eigenvalue weighted by molar-refractivity contribution is 8.27. The van der Waals surface area contributed by atoms with Crippen LogP contribution in [0.2, 0.25) is 0 Å². The number of rotatable bonds is 5. The van der Waals surface area contributed by atoms with Gasteiger partial charge in [0.05, 0.1) is 12.0 Å². The Morgan fingerprint density at radius 3 is 2.67 bits per heavy atom. The number of aromatic nitrogens is 1. The van der Waals surface area contributed by atoms with Gasteiger partial charge in [0.1, 0.15) is 5.04 Å². The van der Waals surface area contributed by atoms with E-state index < -0.39 is 5.91 Å². The molecule has 0 spiro atoms. The number of carbonyl (C=O) groups excluding carboxylic acids is 2. The fraction of sp³-hybridized carbons (Fsp3) is 0.370.